The number of carbonyl (C=O) groups excluding carboxylic acids is 4. The van der Waals surface area contributed by atoms with E-state index in [1.54, 1.807) is 41.3 Å². The number of benzene rings is 3. The average Bonchev–Trinajstić information content (AvgIpc) is 3.85. The van der Waals surface area contributed by atoms with Gasteiger partial charge in [0, 0.05) is 28.8 Å². The van der Waals surface area contributed by atoms with Gasteiger partial charge in [0.25, 0.3) is 0 Å². The number of likely N-dealkylation sites (tertiary alicyclic amines) is 1. The van der Waals surface area contributed by atoms with Crippen molar-refractivity contribution in [3.63, 3.8) is 0 Å². The number of aryl methyl sites for hydroxylation is 2. The second-order valence-electron chi connectivity index (χ2n) is 15.3. The van der Waals surface area contributed by atoms with Crippen LogP contribution in [0.1, 0.15) is 42.4 Å². The van der Waals surface area contributed by atoms with Crippen LogP contribution in [0.3, 0.4) is 0 Å². The van der Waals surface area contributed by atoms with Gasteiger partial charge in [-0.25, -0.2) is 4.90 Å². The van der Waals surface area contributed by atoms with Gasteiger partial charge in [-0.1, -0.05) is 65.7 Å². The molecule has 2 aliphatic heterocycles. The van der Waals surface area contributed by atoms with Gasteiger partial charge in [-0.05, 0) is 85.0 Å². The molecule has 4 amide bonds. The maximum Gasteiger partial charge on any atom is 0.242 e. The minimum absolute atomic E-state index is 0.131. The Morgan fingerprint density at radius 3 is 2.47 bits per heavy atom. The number of ether oxygens (including phenoxy) is 1. The summed E-state index contributed by atoms with van der Waals surface area (Å²) >= 11 is 7.91. The lowest BCUT2D eigenvalue weighted by Crippen LogP contribution is -2.48. The molecule has 1 N–H and O–H groups in total. The molecule has 1 saturated carbocycles. The highest BCUT2D eigenvalue weighted by atomic mass is 35.5. The number of thiophene rings is 1. The number of anilines is 1. The number of amides is 4. The molecule has 4 heterocycles. The number of halogens is 1. The van der Waals surface area contributed by atoms with E-state index in [1.807, 2.05) is 74.5 Å². The van der Waals surface area contributed by atoms with E-state index in [4.69, 9.17) is 21.4 Å². The molecule has 2 aliphatic carbocycles. The second kappa shape index (κ2) is 13.3. The first-order valence-electron chi connectivity index (χ1n) is 18.6. The van der Waals surface area contributed by atoms with Gasteiger partial charge in [-0.15, -0.1) is 11.3 Å². The molecule has 5 aromatic rings. The van der Waals surface area contributed by atoms with Crippen molar-refractivity contribution in [2.75, 3.05) is 18.1 Å². The van der Waals surface area contributed by atoms with Crippen molar-refractivity contribution in [1.82, 2.24) is 14.7 Å². The zero-order valence-electron chi connectivity index (χ0n) is 30.6. The smallest absolute Gasteiger partial charge is 0.242 e. The van der Waals surface area contributed by atoms with Crippen LogP contribution in [0.25, 0.3) is 20.7 Å². The Kier molecular flexibility index (Phi) is 8.60. The summed E-state index contributed by atoms with van der Waals surface area (Å²) in [6.45, 7) is 4.09. The number of hydrogen-bond acceptors (Lipinski definition) is 8. The number of fused-ring (bicyclic) bond motifs is 5. The average molecular weight is 775 g/mol. The molecule has 10 nitrogen and oxygen atoms in total. The lowest BCUT2D eigenvalue weighted by atomic mass is 9.51. The molecule has 12 heteroatoms. The summed E-state index contributed by atoms with van der Waals surface area (Å²) < 4.78 is 8.31. The Labute approximate surface area is 326 Å². The van der Waals surface area contributed by atoms with E-state index in [-0.39, 0.29) is 49.8 Å². The van der Waals surface area contributed by atoms with Crippen molar-refractivity contribution in [1.29, 1.82) is 0 Å². The number of rotatable bonds is 8. The maximum absolute atomic E-state index is 15.1. The third-order valence-corrected chi connectivity index (χ3v) is 13.9. The van der Waals surface area contributed by atoms with E-state index in [0.717, 1.165) is 37.2 Å². The van der Waals surface area contributed by atoms with E-state index in [1.165, 1.54) is 9.80 Å². The predicted molar refractivity (Wildman–Crippen MR) is 209 cm³/mol. The third kappa shape index (κ3) is 5.42. The van der Waals surface area contributed by atoms with E-state index in [2.05, 4.69) is 6.08 Å². The van der Waals surface area contributed by atoms with Crippen LogP contribution in [0.5, 0.6) is 5.75 Å². The molecule has 6 atom stereocenters. The van der Waals surface area contributed by atoms with E-state index >= 15 is 4.79 Å². The highest BCUT2D eigenvalue weighted by molar-refractivity contribution is 7.22. The Balaban J connectivity index is 1.12. The number of aromatic nitrogens is 2. The molecule has 6 unspecified atom stereocenters. The van der Waals surface area contributed by atoms with Crippen molar-refractivity contribution >= 4 is 62.5 Å². The van der Waals surface area contributed by atoms with Crippen molar-refractivity contribution in [2.45, 2.75) is 39.2 Å². The topological polar surface area (TPSA) is 122 Å². The first-order chi connectivity index (χ1) is 26.5. The van der Waals surface area contributed by atoms with Crippen molar-refractivity contribution < 1.29 is 29.0 Å². The molecule has 280 valence electrons. The van der Waals surface area contributed by atoms with Gasteiger partial charge in [0.2, 0.25) is 23.6 Å². The molecule has 2 aromatic heterocycles. The van der Waals surface area contributed by atoms with E-state index < -0.39 is 35.0 Å². The lowest BCUT2D eigenvalue weighted by Gasteiger charge is -2.49. The molecule has 2 saturated heterocycles. The molecule has 55 heavy (non-hydrogen) atoms. The fraction of sp³-hybridized carbons (Fsp3) is 0.326. The molecule has 0 radical (unpaired) electrons. The van der Waals surface area contributed by atoms with Gasteiger partial charge >= 0.3 is 0 Å². The fourth-order valence-electron chi connectivity index (χ4n) is 9.74. The summed E-state index contributed by atoms with van der Waals surface area (Å²) in [4.78, 5) is 61.9. The Morgan fingerprint density at radius 2 is 1.73 bits per heavy atom. The second-order valence-corrected chi connectivity index (χ2v) is 16.7. The number of allylic oxidation sites excluding steroid dienone is 2. The van der Waals surface area contributed by atoms with E-state index in [9.17, 15) is 19.5 Å². The number of aliphatic hydroxyl groups excluding tert-OH is 1. The van der Waals surface area contributed by atoms with Crippen LogP contribution in [0.4, 0.5) is 5.82 Å². The normalized spacial score (nSPS) is 26.1. The van der Waals surface area contributed by atoms with Gasteiger partial charge in [0.1, 0.15) is 23.9 Å². The van der Waals surface area contributed by atoms with Gasteiger partial charge in [-0.2, -0.15) is 5.10 Å². The molecule has 3 fully saturated rings. The summed E-state index contributed by atoms with van der Waals surface area (Å²) in [6, 6.07) is 24.5. The SMILES string of the molecule is Cc1c(-c2cc(N3C(=O)C4CC5C(=CCC6C(=O)N(Cc7ccccc7)C(=O)C65)C(c5ccc(OCCO)cc5)C4(C)C3=O)n(C)n2)sc2ccc(Cl)cc12. The Bertz CT molecular complexity index is 2440. The number of nitrogens with zero attached hydrogens (tertiary/aromatic N) is 4. The summed E-state index contributed by atoms with van der Waals surface area (Å²) in [5.41, 5.74) is 3.05. The van der Waals surface area contributed by atoms with Crippen molar-refractivity contribution in [3.8, 4) is 16.3 Å². The molecule has 3 aromatic carbocycles. The number of aliphatic hydroxyl groups is 1. The Morgan fingerprint density at radius 1 is 0.964 bits per heavy atom. The minimum atomic E-state index is -1.20. The first kappa shape index (κ1) is 35.6. The zero-order valence-corrected chi connectivity index (χ0v) is 32.1. The van der Waals surface area contributed by atoms with Gasteiger partial charge < -0.3 is 9.84 Å². The van der Waals surface area contributed by atoms with Crippen LogP contribution in [0.15, 0.2) is 90.5 Å². The zero-order chi connectivity index (χ0) is 38.3. The molecule has 9 rings (SSSR count). The quantitative estimate of drug-likeness (QED) is 0.132. The summed E-state index contributed by atoms with van der Waals surface area (Å²) in [5, 5.41) is 15.8. The van der Waals surface area contributed by atoms with Gasteiger partial charge in [-0.3, -0.25) is 28.8 Å². The number of imide groups is 2. The summed E-state index contributed by atoms with van der Waals surface area (Å²) in [5.74, 6) is -3.07. The monoisotopic (exact) mass is 774 g/mol. The standard InChI is InChI=1S/C43H39ClN4O6S/c1-23-30-19-26(44)11-16-34(30)55-38(23)33-21-35(46(3)45-33)48-40(51)32-20-31-28(37(43(32,2)42(48)53)25-9-12-27(13-10-25)54-18-17-49)14-15-29-36(31)41(52)47(39(29)50)22-24-7-5-4-6-8-24/h4-14,16,19,21,29,31-32,36-37,49H,15,17-18,20,22H2,1-3H3. The van der Waals surface area contributed by atoms with Gasteiger partial charge in [0.05, 0.1) is 41.2 Å². The third-order valence-electron chi connectivity index (χ3n) is 12.3. The highest BCUT2D eigenvalue weighted by Gasteiger charge is 2.68. The van der Waals surface area contributed by atoms with Crippen LogP contribution in [0, 0.1) is 36.0 Å². The van der Waals surface area contributed by atoms with Crippen molar-refractivity contribution in [3.05, 3.63) is 112 Å². The van der Waals surface area contributed by atoms with E-state index in [0.29, 0.717) is 28.7 Å². The number of carbonyl (C=O) groups is 4. The Hall–Kier alpha value is -5.10. The molecular formula is C43H39ClN4O6S. The summed E-state index contributed by atoms with van der Waals surface area (Å²) in [6.07, 6.45) is 2.69. The molecular weight excluding hydrogens is 736 g/mol. The fourth-order valence-corrected chi connectivity index (χ4v) is 11.1. The van der Waals surface area contributed by atoms with Crippen LogP contribution in [0.2, 0.25) is 5.02 Å². The highest BCUT2D eigenvalue weighted by Crippen LogP contribution is 2.63. The predicted octanol–water partition coefficient (Wildman–Crippen LogP) is 7.07. The molecule has 0 bridgehead atoms. The van der Waals surface area contributed by atoms with Crippen LogP contribution in [-0.4, -0.2) is 56.6 Å². The summed E-state index contributed by atoms with van der Waals surface area (Å²) in [7, 11) is 1.74. The largest absolute Gasteiger partial charge is 0.491 e. The van der Waals surface area contributed by atoms with Crippen LogP contribution >= 0.6 is 22.9 Å². The first-order valence-corrected chi connectivity index (χ1v) is 19.7. The minimum Gasteiger partial charge on any atom is -0.491 e. The molecule has 0 spiro atoms. The van der Waals surface area contributed by atoms with Gasteiger partial charge in [0.15, 0.2) is 0 Å². The maximum atomic E-state index is 15.1. The van der Waals surface area contributed by atoms with Crippen LogP contribution in [-0.2, 0) is 32.8 Å². The lowest BCUT2D eigenvalue weighted by molar-refractivity contribution is -0.141. The number of hydrogen-bond donors (Lipinski definition) is 1. The van der Waals surface area contributed by atoms with Crippen molar-refractivity contribution in [2.24, 2.45) is 36.1 Å². The molecule has 4 aliphatic rings. The van der Waals surface area contributed by atoms with Crippen LogP contribution < -0.4 is 9.64 Å².